The van der Waals surface area contributed by atoms with Crippen LogP contribution >= 0.6 is 11.6 Å². The maximum atomic E-state index is 13.5. The molecule has 0 aliphatic heterocycles. The van der Waals surface area contributed by atoms with Crippen LogP contribution in [0, 0.1) is 11.6 Å². The summed E-state index contributed by atoms with van der Waals surface area (Å²) in [5.41, 5.74) is 0.0421. The Kier molecular flexibility index (Phi) is 4.46. The average Bonchev–Trinajstić information content (AvgIpc) is 2.38. The zero-order valence-electron chi connectivity index (χ0n) is 10.6. The molecule has 2 aromatic carbocycles. The van der Waals surface area contributed by atoms with Gasteiger partial charge in [0.2, 0.25) is 10.0 Å². The highest BCUT2D eigenvalue weighted by atomic mass is 35.5. The van der Waals surface area contributed by atoms with Crippen molar-refractivity contribution in [1.82, 2.24) is 0 Å². The molecular formula is C13H11ClF2N2O2S. The van der Waals surface area contributed by atoms with Crippen molar-refractivity contribution in [1.29, 1.82) is 0 Å². The minimum atomic E-state index is -3.89. The lowest BCUT2D eigenvalue weighted by Crippen LogP contribution is -2.13. The van der Waals surface area contributed by atoms with Crippen molar-refractivity contribution in [2.75, 3.05) is 5.32 Å². The number of sulfonamides is 1. The molecule has 0 radical (unpaired) electrons. The van der Waals surface area contributed by atoms with Gasteiger partial charge in [-0.05, 0) is 30.3 Å². The summed E-state index contributed by atoms with van der Waals surface area (Å²) in [6.07, 6.45) is 0. The van der Waals surface area contributed by atoms with Gasteiger partial charge in [-0.25, -0.2) is 22.3 Å². The lowest BCUT2D eigenvalue weighted by Gasteiger charge is -2.11. The number of primary sulfonamides is 1. The van der Waals surface area contributed by atoms with E-state index in [9.17, 15) is 17.2 Å². The van der Waals surface area contributed by atoms with Crippen LogP contribution in [0.1, 0.15) is 5.56 Å². The highest BCUT2D eigenvalue weighted by Gasteiger charge is 2.12. The molecule has 4 nitrogen and oxygen atoms in total. The van der Waals surface area contributed by atoms with Crippen LogP contribution in [-0.4, -0.2) is 8.42 Å². The summed E-state index contributed by atoms with van der Waals surface area (Å²) < 4.78 is 49.5. The maximum absolute atomic E-state index is 13.5. The summed E-state index contributed by atoms with van der Waals surface area (Å²) in [4.78, 5) is -0.150. The zero-order chi connectivity index (χ0) is 15.6. The molecule has 0 atom stereocenters. The molecule has 21 heavy (non-hydrogen) atoms. The molecule has 0 aliphatic carbocycles. The molecule has 3 N–H and O–H groups in total. The van der Waals surface area contributed by atoms with Gasteiger partial charge in [-0.15, -0.1) is 0 Å². The van der Waals surface area contributed by atoms with Gasteiger partial charge in [0.25, 0.3) is 0 Å². The van der Waals surface area contributed by atoms with Gasteiger partial charge >= 0.3 is 0 Å². The number of nitrogens with one attached hydrogen (secondary N) is 1. The van der Waals surface area contributed by atoms with Crippen LogP contribution in [0.5, 0.6) is 0 Å². The van der Waals surface area contributed by atoms with Gasteiger partial charge in [-0.3, -0.25) is 0 Å². The topological polar surface area (TPSA) is 72.2 Å². The molecule has 2 aromatic rings. The third-order valence-electron chi connectivity index (χ3n) is 2.78. The van der Waals surface area contributed by atoms with Crippen molar-refractivity contribution in [3.63, 3.8) is 0 Å². The van der Waals surface area contributed by atoms with E-state index in [-0.39, 0.29) is 27.7 Å². The minimum absolute atomic E-state index is 0.150. The highest BCUT2D eigenvalue weighted by Crippen LogP contribution is 2.26. The first-order valence-electron chi connectivity index (χ1n) is 5.78. The second kappa shape index (κ2) is 5.97. The predicted octanol–water partition coefficient (Wildman–Crippen LogP) is 2.88. The molecule has 2 rings (SSSR count). The summed E-state index contributed by atoms with van der Waals surface area (Å²) in [5.74, 6) is -1.41. The Morgan fingerprint density at radius 3 is 2.33 bits per heavy atom. The third-order valence-corrected chi connectivity index (χ3v) is 4.02. The molecule has 0 fully saturated rings. The zero-order valence-corrected chi connectivity index (χ0v) is 12.2. The van der Waals surface area contributed by atoms with Crippen molar-refractivity contribution in [2.45, 2.75) is 11.4 Å². The van der Waals surface area contributed by atoms with Crippen LogP contribution in [0.15, 0.2) is 41.3 Å². The quantitative estimate of drug-likeness (QED) is 0.904. The SMILES string of the molecule is NS(=O)(=O)c1ccc(Cl)c(NCc2c(F)cccc2F)c1. The highest BCUT2D eigenvalue weighted by molar-refractivity contribution is 7.89. The van der Waals surface area contributed by atoms with Gasteiger partial charge in [0, 0.05) is 12.1 Å². The third kappa shape index (κ3) is 3.69. The molecule has 0 heterocycles. The number of hydrogen-bond acceptors (Lipinski definition) is 3. The van der Waals surface area contributed by atoms with Gasteiger partial charge in [0.1, 0.15) is 11.6 Å². The average molecular weight is 333 g/mol. The van der Waals surface area contributed by atoms with E-state index >= 15 is 0 Å². The maximum Gasteiger partial charge on any atom is 0.238 e. The van der Waals surface area contributed by atoms with E-state index < -0.39 is 21.7 Å². The Balaban J connectivity index is 2.28. The van der Waals surface area contributed by atoms with Crippen LogP contribution in [0.4, 0.5) is 14.5 Å². The van der Waals surface area contributed by atoms with E-state index in [2.05, 4.69) is 5.32 Å². The number of anilines is 1. The minimum Gasteiger partial charge on any atom is -0.380 e. The molecule has 0 aromatic heterocycles. The summed E-state index contributed by atoms with van der Waals surface area (Å²) in [7, 11) is -3.89. The Labute approximate surface area is 125 Å². The number of hydrogen-bond donors (Lipinski definition) is 2. The summed E-state index contributed by atoms with van der Waals surface area (Å²) >= 11 is 5.91. The van der Waals surface area contributed by atoms with E-state index in [0.717, 1.165) is 12.1 Å². The summed E-state index contributed by atoms with van der Waals surface area (Å²) in [6, 6.07) is 7.29. The Bertz CT molecular complexity index is 761. The van der Waals surface area contributed by atoms with Gasteiger partial charge in [-0.2, -0.15) is 0 Å². The summed E-state index contributed by atoms with van der Waals surface area (Å²) in [5, 5.41) is 7.91. The molecule has 0 spiro atoms. The lowest BCUT2D eigenvalue weighted by atomic mass is 10.2. The van der Waals surface area contributed by atoms with Gasteiger partial charge in [0.15, 0.2) is 0 Å². The largest absolute Gasteiger partial charge is 0.380 e. The number of rotatable bonds is 4. The summed E-state index contributed by atoms with van der Waals surface area (Å²) in [6.45, 7) is -0.188. The Morgan fingerprint density at radius 2 is 1.76 bits per heavy atom. The lowest BCUT2D eigenvalue weighted by molar-refractivity contribution is 0.560. The van der Waals surface area contributed by atoms with Crippen LogP contribution in [0.3, 0.4) is 0 Å². The molecule has 0 saturated carbocycles. The van der Waals surface area contributed by atoms with Gasteiger partial charge < -0.3 is 5.32 Å². The van der Waals surface area contributed by atoms with E-state index in [1.807, 2.05) is 0 Å². The van der Waals surface area contributed by atoms with E-state index in [1.165, 1.54) is 24.3 Å². The Morgan fingerprint density at radius 1 is 1.14 bits per heavy atom. The van der Waals surface area contributed by atoms with Crippen molar-refractivity contribution >= 4 is 27.3 Å². The predicted molar refractivity (Wildman–Crippen MR) is 76.5 cm³/mol. The van der Waals surface area contributed by atoms with Crippen LogP contribution < -0.4 is 10.5 Å². The molecule has 112 valence electrons. The van der Waals surface area contributed by atoms with Gasteiger partial charge in [0.05, 0.1) is 15.6 Å². The second-order valence-corrected chi connectivity index (χ2v) is 6.21. The number of halogens is 3. The van der Waals surface area contributed by atoms with Crippen LogP contribution in [-0.2, 0) is 16.6 Å². The molecule has 0 bridgehead atoms. The van der Waals surface area contributed by atoms with Crippen LogP contribution in [0.2, 0.25) is 5.02 Å². The van der Waals surface area contributed by atoms with E-state index in [0.29, 0.717) is 0 Å². The second-order valence-electron chi connectivity index (χ2n) is 4.24. The van der Waals surface area contributed by atoms with Crippen molar-refractivity contribution in [2.24, 2.45) is 5.14 Å². The first-order valence-corrected chi connectivity index (χ1v) is 7.70. The van der Waals surface area contributed by atoms with Gasteiger partial charge in [-0.1, -0.05) is 17.7 Å². The van der Waals surface area contributed by atoms with Crippen molar-refractivity contribution < 1.29 is 17.2 Å². The molecule has 0 saturated heterocycles. The molecule has 0 unspecified atom stereocenters. The fourth-order valence-corrected chi connectivity index (χ4v) is 2.43. The fraction of sp³-hybridized carbons (Fsp3) is 0.0769. The smallest absolute Gasteiger partial charge is 0.238 e. The monoisotopic (exact) mass is 332 g/mol. The van der Waals surface area contributed by atoms with Crippen molar-refractivity contribution in [3.8, 4) is 0 Å². The standard InChI is InChI=1S/C13H11ClF2N2O2S/c14-10-5-4-8(21(17,19)20)6-13(10)18-7-9-11(15)2-1-3-12(9)16/h1-6,18H,7H2,(H2,17,19,20). The normalized spacial score (nSPS) is 11.4. The molecular weight excluding hydrogens is 322 g/mol. The molecule has 0 aliphatic rings. The fourth-order valence-electron chi connectivity index (χ4n) is 1.70. The first kappa shape index (κ1) is 15.7. The Hall–Kier alpha value is -1.70. The van der Waals surface area contributed by atoms with E-state index in [1.54, 1.807) is 0 Å². The molecule has 8 heteroatoms. The molecule has 0 amide bonds. The first-order chi connectivity index (χ1) is 9.79. The van der Waals surface area contributed by atoms with Crippen molar-refractivity contribution in [3.05, 3.63) is 58.6 Å². The number of benzene rings is 2. The van der Waals surface area contributed by atoms with E-state index in [4.69, 9.17) is 16.7 Å². The van der Waals surface area contributed by atoms with Crippen LogP contribution in [0.25, 0.3) is 0 Å². The number of nitrogens with two attached hydrogens (primary N) is 1.